The van der Waals surface area contributed by atoms with Gasteiger partial charge >= 0.3 is 6.03 Å². The second-order valence-corrected chi connectivity index (χ2v) is 8.91. The van der Waals surface area contributed by atoms with E-state index in [9.17, 15) is 4.79 Å². The number of aryl methyl sites for hydroxylation is 1. The van der Waals surface area contributed by atoms with Crippen LogP contribution in [0.5, 0.6) is 0 Å². The number of carbonyl (C=O) groups is 1. The van der Waals surface area contributed by atoms with E-state index in [2.05, 4.69) is 51.7 Å². The predicted octanol–water partition coefficient (Wildman–Crippen LogP) is 6.37. The Balaban J connectivity index is 1.36. The van der Waals surface area contributed by atoms with Crippen molar-refractivity contribution in [1.82, 2.24) is 10.2 Å². The molecule has 2 aromatic carbocycles. The van der Waals surface area contributed by atoms with Gasteiger partial charge in [0.1, 0.15) is 0 Å². The van der Waals surface area contributed by atoms with Gasteiger partial charge in [0.15, 0.2) is 5.82 Å². The number of benzene rings is 2. The lowest BCUT2D eigenvalue weighted by molar-refractivity contribution is 0.262. The third-order valence-electron chi connectivity index (χ3n) is 6.21. The molecule has 6 heteroatoms. The zero-order valence-corrected chi connectivity index (χ0v) is 19.6. The van der Waals surface area contributed by atoms with Crippen LogP contribution in [0.3, 0.4) is 0 Å². The van der Waals surface area contributed by atoms with Crippen LogP contribution in [0.15, 0.2) is 60.7 Å². The van der Waals surface area contributed by atoms with Gasteiger partial charge in [-0.1, -0.05) is 44.5 Å². The molecule has 33 heavy (non-hydrogen) atoms. The van der Waals surface area contributed by atoms with E-state index in [0.29, 0.717) is 5.69 Å². The molecular formula is C27H33N5O. The molecule has 2 heterocycles. The summed E-state index contributed by atoms with van der Waals surface area (Å²) in [7, 11) is 0. The van der Waals surface area contributed by atoms with Crippen molar-refractivity contribution >= 4 is 23.2 Å². The van der Waals surface area contributed by atoms with Gasteiger partial charge in [0.05, 0.1) is 5.69 Å². The summed E-state index contributed by atoms with van der Waals surface area (Å²) in [5, 5.41) is 14.7. The van der Waals surface area contributed by atoms with Crippen molar-refractivity contribution in [3.05, 3.63) is 66.2 Å². The number of carbonyl (C=O) groups excluding carboxylic acids is 1. The quantitative estimate of drug-likeness (QED) is 0.445. The Hall–Kier alpha value is -3.41. The van der Waals surface area contributed by atoms with E-state index >= 15 is 0 Å². The monoisotopic (exact) mass is 443 g/mol. The lowest BCUT2D eigenvalue weighted by atomic mass is 9.99. The van der Waals surface area contributed by atoms with E-state index in [0.717, 1.165) is 48.2 Å². The number of hydrogen-bond donors (Lipinski definition) is 2. The number of hydrogen-bond acceptors (Lipinski definition) is 4. The van der Waals surface area contributed by atoms with E-state index in [1.54, 1.807) is 0 Å². The SMILES string of the molecule is CCCCc1ccc(NC(=O)Nc2cccc(-c3ccc(N4CCC(C)CC4)nn3)c2)cc1. The molecule has 2 amide bonds. The summed E-state index contributed by atoms with van der Waals surface area (Å²) in [6.07, 6.45) is 5.81. The molecule has 0 spiro atoms. The Morgan fingerprint density at radius 2 is 1.73 bits per heavy atom. The number of piperidine rings is 1. The summed E-state index contributed by atoms with van der Waals surface area (Å²) in [5.74, 6) is 1.71. The minimum Gasteiger partial charge on any atom is -0.355 e. The second kappa shape index (κ2) is 10.9. The molecule has 0 bridgehead atoms. The molecule has 0 saturated carbocycles. The Kier molecular flexibility index (Phi) is 7.55. The molecule has 0 radical (unpaired) electrons. The van der Waals surface area contributed by atoms with Gasteiger partial charge in [-0.05, 0) is 73.6 Å². The molecular weight excluding hydrogens is 410 g/mol. The maximum absolute atomic E-state index is 12.5. The molecule has 1 fully saturated rings. The Morgan fingerprint density at radius 1 is 0.970 bits per heavy atom. The fourth-order valence-electron chi connectivity index (χ4n) is 4.07. The lowest BCUT2D eigenvalue weighted by Crippen LogP contribution is -2.33. The first-order chi connectivity index (χ1) is 16.1. The van der Waals surface area contributed by atoms with Crippen LogP contribution in [-0.4, -0.2) is 29.3 Å². The van der Waals surface area contributed by atoms with Crippen molar-refractivity contribution in [2.75, 3.05) is 28.6 Å². The molecule has 1 saturated heterocycles. The summed E-state index contributed by atoms with van der Waals surface area (Å²) < 4.78 is 0. The number of unbranched alkanes of at least 4 members (excludes halogenated alkanes) is 1. The van der Waals surface area contributed by atoms with E-state index in [1.807, 2.05) is 48.5 Å². The van der Waals surface area contributed by atoms with Crippen LogP contribution in [0, 0.1) is 5.92 Å². The molecule has 4 rings (SSSR count). The average molecular weight is 444 g/mol. The highest BCUT2D eigenvalue weighted by Crippen LogP contribution is 2.24. The third-order valence-corrected chi connectivity index (χ3v) is 6.21. The summed E-state index contributed by atoms with van der Waals surface area (Å²) in [4.78, 5) is 14.8. The Bertz CT molecular complexity index is 1040. The van der Waals surface area contributed by atoms with Crippen molar-refractivity contribution in [2.24, 2.45) is 5.92 Å². The first-order valence-corrected chi connectivity index (χ1v) is 12.0. The highest BCUT2D eigenvalue weighted by molar-refractivity contribution is 6.00. The van der Waals surface area contributed by atoms with Crippen LogP contribution >= 0.6 is 0 Å². The van der Waals surface area contributed by atoms with Crippen molar-refractivity contribution in [2.45, 2.75) is 46.0 Å². The zero-order chi connectivity index (χ0) is 23.0. The van der Waals surface area contributed by atoms with Crippen LogP contribution in [0.25, 0.3) is 11.3 Å². The van der Waals surface area contributed by atoms with Gasteiger partial charge in [-0.15, -0.1) is 10.2 Å². The standard InChI is InChI=1S/C27H33N5O/c1-3-4-6-21-9-11-23(12-10-21)28-27(33)29-24-8-5-7-22(19-24)25-13-14-26(31-30-25)32-17-15-20(2)16-18-32/h5,7-14,19-20H,3-4,6,15-18H2,1-2H3,(H2,28,29,33). The van der Waals surface area contributed by atoms with Gasteiger partial charge in [0.25, 0.3) is 0 Å². The first kappa shape index (κ1) is 22.8. The van der Waals surface area contributed by atoms with E-state index < -0.39 is 0 Å². The summed E-state index contributed by atoms with van der Waals surface area (Å²) in [6.45, 7) is 6.56. The number of nitrogens with one attached hydrogen (secondary N) is 2. The Morgan fingerprint density at radius 3 is 2.42 bits per heavy atom. The zero-order valence-electron chi connectivity index (χ0n) is 19.6. The first-order valence-electron chi connectivity index (χ1n) is 12.0. The minimum absolute atomic E-state index is 0.269. The average Bonchev–Trinajstić information content (AvgIpc) is 2.84. The van der Waals surface area contributed by atoms with Gasteiger partial charge in [-0.3, -0.25) is 0 Å². The maximum atomic E-state index is 12.5. The molecule has 1 aromatic heterocycles. The smallest absolute Gasteiger partial charge is 0.323 e. The third kappa shape index (κ3) is 6.31. The molecule has 3 aromatic rings. The number of aromatic nitrogens is 2. The molecule has 172 valence electrons. The summed E-state index contributed by atoms with van der Waals surface area (Å²) >= 11 is 0. The van der Waals surface area contributed by atoms with Gasteiger partial charge in [-0.2, -0.15) is 0 Å². The number of nitrogens with zero attached hydrogens (tertiary/aromatic N) is 3. The van der Waals surface area contributed by atoms with Crippen molar-refractivity contribution in [3.8, 4) is 11.3 Å². The molecule has 1 aliphatic rings. The normalized spacial score (nSPS) is 14.2. The maximum Gasteiger partial charge on any atom is 0.323 e. The number of rotatable bonds is 7. The summed E-state index contributed by atoms with van der Waals surface area (Å²) in [5.41, 5.74) is 4.48. The van der Waals surface area contributed by atoms with Crippen molar-refractivity contribution < 1.29 is 4.79 Å². The van der Waals surface area contributed by atoms with E-state index in [4.69, 9.17) is 0 Å². The van der Waals surface area contributed by atoms with E-state index in [-0.39, 0.29) is 6.03 Å². The molecule has 0 unspecified atom stereocenters. The van der Waals surface area contributed by atoms with Gasteiger partial charge in [0, 0.05) is 30.0 Å². The molecule has 6 nitrogen and oxygen atoms in total. The largest absolute Gasteiger partial charge is 0.355 e. The van der Waals surface area contributed by atoms with Crippen LogP contribution < -0.4 is 15.5 Å². The van der Waals surface area contributed by atoms with Crippen LogP contribution in [0.2, 0.25) is 0 Å². The fourth-order valence-corrected chi connectivity index (χ4v) is 4.07. The van der Waals surface area contributed by atoms with Crippen LogP contribution in [0.4, 0.5) is 22.0 Å². The van der Waals surface area contributed by atoms with Crippen molar-refractivity contribution in [1.29, 1.82) is 0 Å². The number of urea groups is 1. The van der Waals surface area contributed by atoms with Gasteiger partial charge < -0.3 is 15.5 Å². The highest BCUT2D eigenvalue weighted by Gasteiger charge is 2.17. The molecule has 1 aliphatic heterocycles. The van der Waals surface area contributed by atoms with Crippen LogP contribution in [0.1, 0.15) is 45.1 Å². The number of anilines is 3. The lowest BCUT2D eigenvalue weighted by Gasteiger charge is -2.30. The second-order valence-electron chi connectivity index (χ2n) is 8.91. The molecule has 0 aliphatic carbocycles. The summed E-state index contributed by atoms with van der Waals surface area (Å²) in [6, 6.07) is 19.5. The minimum atomic E-state index is -0.269. The predicted molar refractivity (Wildman–Crippen MR) is 136 cm³/mol. The van der Waals surface area contributed by atoms with E-state index in [1.165, 1.54) is 31.2 Å². The van der Waals surface area contributed by atoms with Gasteiger partial charge in [0.2, 0.25) is 0 Å². The Labute approximate surface area is 196 Å². The fraction of sp³-hybridized carbons (Fsp3) is 0.370. The van der Waals surface area contributed by atoms with Crippen LogP contribution in [-0.2, 0) is 6.42 Å². The molecule has 2 N–H and O–H groups in total. The topological polar surface area (TPSA) is 70.2 Å². The highest BCUT2D eigenvalue weighted by atomic mass is 16.2. The number of amides is 2. The molecule has 0 atom stereocenters. The van der Waals surface area contributed by atoms with Gasteiger partial charge in [-0.25, -0.2) is 4.79 Å². The van der Waals surface area contributed by atoms with Crippen molar-refractivity contribution in [3.63, 3.8) is 0 Å².